The second-order valence-corrected chi connectivity index (χ2v) is 1.85. The van der Waals surface area contributed by atoms with Crippen molar-refractivity contribution in [2.45, 2.75) is 13.5 Å². The molecule has 0 aliphatic carbocycles. The molecule has 2 N–H and O–H groups in total. The van der Waals surface area contributed by atoms with Gasteiger partial charge in [-0.1, -0.05) is 0 Å². The second-order valence-electron chi connectivity index (χ2n) is 1.85. The van der Waals surface area contributed by atoms with E-state index in [4.69, 9.17) is 0 Å². The highest BCUT2D eigenvalue weighted by atomic mass is 16.1. The molecule has 1 aromatic rings. The fraction of sp³-hybridized carbons (Fsp3) is 0.600. The number of nitrogens with zero attached hydrogens (tertiary/aromatic N) is 2. The maximum atomic E-state index is 10.8. The van der Waals surface area contributed by atoms with Gasteiger partial charge in [-0.05, 0) is 6.92 Å². The lowest BCUT2D eigenvalue weighted by molar-refractivity contribution is 0.736. The third-order valence-corrected chi connectivity index (χ3v) is 1.30. The van der Waals surface area contributed by atoms with Gasteiger partial charge in [0.15, 0.2) is 0 Å². The maximum absolute atomic E-state index is 10.8. The molecule has 56 valence electrons. The number of aromatic nitrogens is 3. The van der Waals surface area contributed by atoms with Gasteiger partial charge in [0, 0.05) is 13.6 Å². The lowest BCUT2D eigenvalue weighted by Gasteiger charge is -1.97. The Bertz CT molecular complexity index is 261. The van der Waals surface area contributed by atoms with Crippen LogP contribution < -0.4 is 11.0 Å². The summed E-state index contributed by atoms with van der Waals surface area (Å²) >= 11 is 0. The average molecular weight is 142 g/mol. The van der Waals surface area contributed by atoms with E-state index in [0.29, 0.717) is 12.5 Å². The number of rotatable bonds is 2. The van der Waals surface area contributed by atoms with Crippen LogP contribution in [-0.2, 0) is 6.54 Å². The molecule has 0 atom stereocenters. The molecular weight excluding hydrogens is 132 g/mol. The van der Waals surface area contributed by atoms with Crippen molar-refractivity contribution in [3.05, 3.63) is 10.5 Å². The van der Waals surface area contributed by atoms with Crippen LogP contribution >= 0.6 is 0 Å². The zero-order chi connectivity index (χ0) is 7.56. The third-order valence-electron chi connectivity index (χ3n) is 1.30. The van der Waals surface area contributed by atoms with Gasteiger partial charge in [-0.25, -0.2) is 9.89 Å². The summed E-state index contributed by atoms with van der Waals surface area (Å²) in [7, 11) is 1.72. The molecule has 1 rings (SSSR count). The van der Waals surface area contributed by atoms with Crippen LogP contribution in [0.25, 0.3) is 0 Å². The molecule has 5 heteroatoms. The molecule has 0 spiro atoms. The van der Waals surface area contributed by atoms with Crippen LogP contribution in [0, 0.1) is 0 Å². The molecule has 5 nitrogen and oxygen atoms in total. The van der Waals surface area contributed by atoms with Crippen LogP contribution in [0.4, 0.5) is 5.95 Å². The first-order valence-electron chi connectivity index (χ1n) is 3.12. The van der Waals surface area contributed by atoms with Crippen molar-refractivity contribution in [2.24, 2.45) is 0 Å². The summed E-state index contributed by atoms with van der Waals surface area (Å²) in [6, 6.07) is 0. The van der Waals surface area contributed by atoms with E-state index < -0.39 is 0 Å². The molecule has 0 amide bonds. The summed E-state index contributed by atoms with van der Waals surface area (Å²) in [5.41, 5.74) is -0.174. The first-order valence-corrected chi connectivity index (χ1v) is 3.12. The van der Waals surface area contributed by atoms with Crippen molar-refractivity contribution in [3.8, 4) is 0 Å². The monoisotopic (exact) mass is 142 g/mol. The summed E-state index contributed by atoms with van der Waals surface area (Å²) in [5, 5.41) is 8.84. The summed E-state index contributed by atoms with van der Waals surface area (Å²) in [6.07, 6.45) is 0. The van der Waals surface area contributed by atoms with Crippen LogP contribution in [-0.4, -0.2) is 21.8 Å². The number of aromatic amines is 1. The van der Waals surface area contributed by atoms with Gasteiger partial charge in [0.25, 0.3) is 0 Å². The van der Waals surface area contributed by atoms with Crippen molar-refractivity contribution in [1.29, 1.82) is 0 Å². The highest BCUT2D eigenvalue weighted by molar-refractivity contribution is 5.21. The lowest BCUT2D eigenvalue weighted by atomic mass is 10.7. The Morgan fingerprint density at radius 2 is 2.50 bits per heavy atom. The smallest absolute Gasteiger partial charge is 0.344 e. The van der Waals surface area contributed by atoms with Crippen molar-refractivity contribution in [2.75, 3.05) is 12.4 Å². The fourth-order valence-electron chi connectivity index (χ4n) is 0.802. The molecular formula is C5H10N4O. The highest BCUT2D eigenvalue weighted by Crippen LogP contribution is 1.93. The molecule has 1 aromatic heterocycles. The van der Waals surface area contributed by atoms with Crippen molar-refractivity contribution < 1.29 is 0 Å². The average Bonchev–Trinajstić information content (AvgIpc) is 2.30. The predicted octanol–water partition coefficient (Wildman–Crippen LogP) is -0.367. The minimum atomic E-state index is -0.174. The normalized spacial score (nSPS) is 9.80. The van der Waals surface area contributed by atoms with Gasteiger partial charge in [-0.2, -0.15) is 0 Å². The van der Waals surface area contributed by atoms with Gasteiger partial charge in [-0.3, -0.25) is 4.57 Å². The fourth-order valence-corrected chi connectivity index (χ4v) is 0.802. The van der Waals surface area contributed by atoms with E-state index in [2.05, 4.69) is 15.5 Å². The summed E-state index contributed by atoms with van der Waals surface area (Å²) in [5.74, 6) is 0.576. The van der Waals surface area contributed by atoms with Crippen LogP contribution in [0.1, 0.15) is 6.92 Å². The van der Waals surface area contributed by atoms with Gasteiger partial charge < -0.3 is 5.32 Å². The molecule has 1 heterocycles. The van der Waals surface area contributed by atoms with Gasteiger partial charge in [0.2, 0.25) is 5.95 Å². The maximum Gasteiger partial charge on any atom is 0.344 e. The lowest BCUT2D eigenvalue weighted by Crippen LogP contribution is -2.16. The van der Waals surface area contributed by atoms with Crippen LogP contribution in [0.15, 0.2) is 4.79 Å². The molecule has 0 saturated heterocycles. The van der Waals surface area contributed by atoms with Crippen LogP contribution in [0.2, 0.25) is 0 Å². The Balaban J connectivity index is 3.13. The number of hydrogen-bond donors (Lipinski definition) is 2. The van der Waals surface area contributed by atoms with Crippen LogP contribution in [0.5, 0.6) is 0 Å². The molecule has 0 aliphatic heterocycles. The molecule has 0 fully saturated rings. The second kappa shape index (κ2) is 2.55. The molecule has 10 heavy (non-hydrogen) atoms. The first-order chi connectivity index (χ1) is 4.79. The number of H-pyrrole nitrogens is 1. The summed E-state index contributed by atoms with van der Waals surface area (Å²) < 4.78 is 1.51. The molecule has 0 aromatic carbocycles. The zero-order valence-corrected chi connectivity index (χ0v) is 6.01. The largest absolute Gasteiger partial charge is 0.357 e. The van der Waals surface area contributed by atoms with E-state index in [0.717, 1.165) is 0 Å². The Hall–Kier alpha value is -1.26. The third kappa shape index (κ3) is 0.896. The van der Waals surface area contributed by atoms with E-state index in [1.807, 2.05) is 6.92 Å². The summed E-state index contributed by atoms with van der Waals surface area (Å²) in [6.45, 7) is 2.52. The quantitative estimate of drug-likeness (QED) is 0.592. The van der Waals surface area contributed by atoms with E-state index in [1.54, 1.807) is 7.05 Å². The van der Waals surface area contributed by atoms with E-state index in [-0.39, 0.29) is 5.69 Å². The SMILES string of the molecule is CCn1c(NC)n[nH]c1=O. The van der Waals surface area contributed by atoms with Gasteiger partial charge >= 0.3 is 5.69 Å². The van der Waals surface area contributed by atoms with Gasteiger partial charge in [0.1, 0.15) is 0 Å². The Kier molecular flexibility index (Phi) is 1.75. The zero-order valence-electron chi connectivity index (χ0n) is 6.01. The molecule has 0 radical (unpaired) electrons. The van der Waals surface area contributed by atoms with Gasteiger partial charge in [-0.15, -0.1) is 5.10 Å². The first kappa shape index (κ1) is 6.85. The van der Waals surface area contributed by atoms with E-state index in [1.165, 1.54) is 4.57 Å². The Labute approximate surface area is 58.1 Å². The molecule has 0 aliphatic rings. The van der Waals surface area contributed by atoms with Crippen molar-refractivity contribution in [1.82, 2.24) is 14.8 Å². The summed E-state index contributed by atoms with van der Waals surface area (Å²) in [4.78, 5) is 10.8. The Morgan fingerprint density at radius 3 is 2.90 bits per heavy atom. The minimum Gasteiger partial charge on any atom is -0.357 e. The van der Waals surface area contributed by atoms with E-state index in [9.17, 15) is 4.79 Å². The molecule has 0 saturated carbocycles. The number of anilines is 1. The van der Waals surface area contributed by atoms with Crippen molar-refractivity contribution in [3.63, 3.8) is 0 Å². The molecule has 0 bridgehead atoms. The van der Waals surface area contributed by atoms with Gasteiger partial charge in [0.05, 0.1) is 0 Å². The minimum absolute atomic E-state index is 0.174. The number of nitrogens with one attached hydrogen (secondary N) is 2. The van der Waals surface area contributed by atoms with Crippen LogP contribution in [0.3, 0.4) is 0 Å². The standard InChI is InChI=1S/C5H10N4O/c1-3-9-4(6-2)7-8-5(9)10/h3H2,1-2H3,(H,6,7)(H,8,10). The predicted molar refractivity (Wildman–Crippen MR) is 38.1 cm³/mol. The number of hydrogen-bond acceptors (Lipinski definition) is 3. The van der Waals surface area contributed by atoms with E-state index >= 15 is 0 Å². The topological polar surface area (TPSA) is 62.7 Å². The van der Waals surface area contributed by atoms with Crippen molar-refractivity contribution >= 4 is 5.95 Å². The molecule has 0 unspecified atom stereocenters. The Morgan fingerprint density at radius 1 is 1.80 bits per heavy atom. The highest BCUT2D eigenvalue weighted by Gasteiger charge is 2.01.